The maximum Gasteiger partial charge on any atom is 0.306 e. The quantitative estimate of drug-likeness (QED) is 0.283. The standard InChI is InChI=1S/C27H39FN4O4S/c1-5-22(27(3,4)26(35)31-11-9-18(10-12-31)15-23(33)36-6-2)30-25(34)20-8-7-19(16-21(20)28)24(29)32-13-14-37-17-32/h7-8,16,18,22,29H,5-6,9-15,17H2,1-4H3,(H,30,34)/t22-/m1/s1. The number of carbonyl (C=O) groups excluding carboxylic acids is 3. The van der Waals surface area contributed by atoms with Gasteiger partial charge in [0.05, 0.1) is 23.5 Å². The topological polar surface area (TPSA) is 103 Å². The van der Waals surface area contributed by atoms with Crippen LogP contribution in [-0.2, 0) is 14.3 Å². The number of likely N-dealkylation sites (tertiary alicyclic amines) is 1. The predicted molar refractivity (Wildman–Crippen MR) is 143 cm³/mol. The van der Waals surface area contributed by atoms with Crippen LogP contribution in [0.4, 0.5) is 4.39 Å². The van der Waals surface area contributed by atoms with Gasteiger partial charge in [0.2, 0.25) is 5.91 Å². The number of nitrogens with zero attached hydrogens (tertiary/aromatic N) is 2. The largest absolute Gasteiger partial charge is 0.466 e. The van der Waals surface area contributed by atoms with E-state index < -0.39 is 23.2 Å². The molecule has 2 heterocycles. The number of hydrogen-bond donors (Lipinski definition) is 2. The van der Waals surface area contributed by atoms with Crippen LogP contribution >= 0.6 is 11.8 Å². The predicted octanol–water partition coefficient (Wildman–Crippen LogP) is 3.88. The van der Waals surface area contributed by atoms with Crippen molar-refractivity contribution in [3.63, 3.8) is 0 Å². The fraction of sp³-hybridized carbons (Fsp3) is 0.630. The van der Waals surface area contributed by atoms with Gasteiger partial charge in [-0.25, -0.2) is 4.39 Å². The van der Waals surface area contributed by atoms with Crippen LogP contribution in [0, 0.1) is 22.6 Å². The first-order valence-electron chi connectivity index (χ1n) is 13.0. The minimum absolute atomic E-state index is 0.0676. The lowest BCUT2D eigenvalue weighted by Crippen LogP contribution is -2.54. The molecule has 0 bridgehead atoms. The Morgan fingerprint density at radius 3 is 2.46 bits per heavy atom. The summed E-state index contributed by atoms with van der Waals surface area (Å²) in [6.45, 7) is 9.51. The molecule has 8 nitrogen and oxygen atoms in total. The highest BCUT2D eigenvalue weighted by Crippen LogP contribution is 2.30. The second-order valence-corrected chi connectivity index (χ2v) is 11.3. The van der Waals surface area contributed by atoms with E-state index in [0.717, 1.165) is 25.1 Å². The molecule has 0 radical (unpaired) electrons. The Bertz CT molecular complexity index is 1000. The third-order valence-corrected chi connectivity index (χ3v) is 8.32. The van der Waals surface area contributed by atoms with Gasteiger partial charge in [-0.2, -0.15) is 0 Å². The molecule has 2 fully saturated rings. The molecule has 2 amide bonds. The number of carbonyl (C=O) groups is 3. The molecule has 0 aromatic heterocycles. The molecule has 2 N–H and O–H groups in total. The molecular formula is C27H39FN4O4S. The summed E-state index contributed by atoms with van der Waals surface area (Å²) in [6, 6.07) is 3.75. The average molecular weight is 535 g/mol. The Balaban J connectivity index is 1.61. The van der Waals surface area contributed by atoms with Crippen molar-refractivity contribution in [2.45, 2.75) is 59.4 Å². The lowest BCUT2D eigenvalue weighted by Gasteiger charge is -2.40. The number of esters is 1. The number of nitrogens with one attached hydrogen (secondary N) is 2. The zero-order chi connectivity index (χ0) is 27.2. The van der Waals surface area contributed by atoms with E-state index in [1.165, 1.54) is 12.1 Å². The van der Waals surface area contributed by atoms with Crippen molar-refractivity contribution in [2.24, 2.45) is 11.3 Å². The van der Waals surface area contributed by atoms with Crippen LogP contribution in [0.15, 0.2) is 18.2 Å². The van der Waals surface area contributed by atoms with E-state index in [-0.39, 0.29) is 29.2 Å². The van der Waals surface area contributed by atoms with Gasteiger partial charge in [0, 0.05) is 43.4 Å². The van der Waals surface area contributed by atoms with Gasteiger partial charge in [-0.05, 0) is 58.1 Å². The number of piperidine rings is 1. The van der Waals surface area contributed by atoms with E-state index in [9.17, 15) is 18.8 Å². The fourth-order valence-corrected chi connectivity index (χ4v) is 5.96. The maximum absolute atomic E-state index is 14.9. The molecule has 2 aliphatic rings. The van der Waals surface area contributed by atoms with Crippen LogP contribution in [-0.4, -0.2) is 77.3 Å². The molecule has 1 aromatic rings. The molecule has 2 aliphatic heterocycles. The third-order valence-electron chi connectivity index (χ3n) is 7.35. The minimum Gasteiger partial charge on any atom is -0.466 e. The Hall–Kier alpha value is -2.62. The van der Waals surface area contributed by atoms with E-state index in [1.807, 2.05) is 25.7 Å². The number of benzene rings is 1. The van der Waals surface area contributed by atoms with Gasteiger partial charge >= 0.3 is 5.97 Å². The number of rotatable bonds is 9. The number of amides is 2. The summed E-state index contributed by atoms with van der Waals surface area (Å²) in [4.78, 5) is 42.0. The number of thioether (sulfide) groups is 1. The molecule has 37 heavy (non-hydrogen) atoms. The third kappa shape index (κ3) is 7.03. The van der Waals surface area contributed by atoms with Crippen LogP contribution in [0.1, 0.15) is 69.3 Å². The Labute approximate surface area is 223 Å². The SMILES string of the molecule is CCOC(=O)CC1CCN(C(=O)C(C)(C)[C@@H](CC)NC(=O)c2ccc(C(=N)N3CCSC3)cc2F)CC1. The van der Waals surface area contributed by atoms with Gasteiger partial charge in [0.15, 0.2) is 0 Å². The van der Waals surface area contributed by atoms with E-state index in [1.54, 1.807) is 29.7 Å². The maximum atomic E-state index is 14.9. The molecule has 0 aliphatic carbocycles. The number of ether oxygens (including phenoxy) is 1. The van der Waals surface area contributed by atoms with Crippen molar-refractivity contribution in [3.05, 3.63) is 35.1 Å². The van der Waals surface area contributed by atoms with Crippen LogP contribution in [0.2, 0.25) is 0 Å². The highest BCUT2D eigenvalue weighted by molar-refractivity contribution is 7.99. The normalized spacial score (nSPS) is 17.4. The minimum atomic E-state index is -0.898. The van der Waals surface area contributed by atoms with Crippen LogP contribution in [0.25, 0.3) is 0 Å². The number of hydrogen-bond acceptors (Lipinski definition) is 6. The highest BCUT2D eigenvalue weighted by Gasteiger charge is 2.41. The van der Waals surface area contributed by atoms with E-state index in [0.29, 0.717) is 44.0 Å². The monoisotopic (exact) mass is 534 g/mol. The van der Waals surface area contributed by atoms with Gasteiger partial charge in [-0.1, -0.05) is 13.0 Å². The van der Waals surface area contributed by atoms with Crippen molar-refractivity contribution in [2.75, 3.05) is 37.9 Å². The fourth-order valence-electron chi connectivity index (χ4n) is 5.00. The molecule has 2 saturated heterocycles. The summed E-state index contributed by atoms with van der Waals surface area (Å²) in [5, 5.41) is 11.2. The average Bonchev–Trinajstić information content (AvgIpc) is 3.41. The van der Waals surface area contributed by atoms with E-state index in [2.05, 4.69) is 5.32 Å². The summed E-state index contributed by atoms with van der Waals surface area (Å²) in [5.74, 6) is 0.555. The molecule has 204 valence electrons. The van der Waals surface area contributed by atoms with Gasteiger partial charge in [-0.15, -0.1) is 11.8 Å². The summed E-state index contributed by atoms with van der Waals surface area (Å²) in [7, 11) is 0. The number of halogens is 1. The van der Waals surface area contributed by atoms with Crippen molar-refractivity contribution in [3.8, 4) is 0 Å². The Morgan fingerprint density at radius 2 is 1.89 bits per heavy atom. The molecule has 0 unspecified atom stereocenters. The highest BCUT2D eigenvalue weighted by atomic mass is 32.2. The zero-order valence-electron chi connectivity index (χ0n) is 22.3. The number of amidine groups is 1. The van der Waals surface area contributed by atoms with Gasteiger partial charge < -0.3 is 19.9 Å². The zero-order valence-corrected chi connectivity index (χ0v) is 23.1. The summed E-state index contributed by atoms with van der Waals surface area (Å²) >= 11 is 1.72. The molecule has 1 aromatic carbocycles. The summed E-state index contributed by atoms with van der Waals surface area (Å²) in [5.41, 5.74) is -0.566. The molecular weight excluding hydrogens is 495 g/mol. The van der Waals surface area contributed by atoms with E-state index in [4.69, 9.17) is 10.1 Å². The van der Waals surface area contributed by atoms with Crippen LogP contribution in [0.3, 0.4) is 0 Å². The van der Waals surface area contributed by atoms with Crippen molar-refractivity contribution >= 4 is 35.4 Å². The molecule has 0 saturated carbocycles. The van der Waals surface area contributed by atoms with Crippen molar-refractivity contribution in [1.29, 1.82) is 5.41 Å². The van der Waals surface area contributed by atoms with Gasteiger partial charge in [-0.3, -0.25) is 19.8 Å². The Kier molecular flexibility index (Phi) is 9.98. The lowest BCUT2D eigenvalue weighted by molar-refractivity contribution is -0.145. The van der Waals surface area contributed by atoms with Gasteiger partial charge in [0.1, 0.15) is 11.7 Å². The van der Waals surface area contributed by atoms with Crippen molar-refractivity contribution < 1.29 is 23.5 Å². The van der Waals surface area contributed by atoms with E-state index >= 15 is 0 Å². The second kappa shape index (κ2) is 12.8. The van der Waals surface area contributed by atoms with Gasteiger partial charge in [0.25, 0.3) is 5.91 Å². The molecule has 1 atom stereocenters. The lowest BCUT2D eigenvalue weighted by atomic mass is 9.80. The smallest absolute Gasteiger partial charge is 0.306 e. The molecule has 3 rings (SSSR count). The summed E-state index contributed by atoms with van der Waals surface area (Å²) < 4.78 is 20.0. The molecule has 0 spiro atoms. The first kappa shape index (κ1) is 28.9. The summed E-state index contributed by atoms with van der Waals surface area (Å²) in [6.07, 6.45) is 2.33. The van der Waals surface area contributed by atoms with Crippen molar-refractivity contribution in [1.82, 2.24) is 15.1 Å². The van der Waals surface area contributed by atoms with Crippen LogP contribution < -0.4 is 5.32 Å². The first-order valence-corrected chi connectivity index (χ1v) is 14.2. The first-order chi connectivity index (χ1) is 17.6. The second-order valence-electron chi connectivity index (χ2n) is 10.2. The Morgan fingerprint density at radius 1 is 1.19 bits per heavy atom. The molecule has 10 heteroatoms. The van der Waals surface area contributed by atoms with Crippen LogP contribution in [0.5, 0.6) is 0 Å².